The van der Waals surface area contributed by atoms with Gasteiger partial charge in [0.1, 0.15) is 11.6 Å². The highest BCUT2D eigenvalue weighted by Gasteiger charge is 2.28. The molecular weight excluding hydrogens is 386 g/mol. The highest BCUT2D eigenvalue weighted by atomic mass is 19.1. The van der Waals surface area contributed by atoms with Gasteiger partial charge in [0.15, 0.2) is 0 Å². The molecule has 2 heterocycles. The van der Waals surface area contributed by atoms with Crippen molar-refractivity contribution in [3.05, 3.63) is 71.3 Å². The van der Waals surface area contributed by atoms with Gasteiger partial charge in [0.2, 0.25) is 5.91 Å². The van der Waals surface area contributed by atoms with Crippen LogP contribution >= 0.6 is 0 Å². The third-order valence-corrected chi connectivity index (χ3v) is 6.11. The molecule has 2 fully saturated rings. The molecule has 2 saturated heterocycles. The zero-order valence-corrected chi connectivity index (χ0v) is 17.1. The van der Waals surface area contributed by atoms with E-state index in [1.54, 1.807) is 24.3 Å². The summed E-state index contributed by atoms with van der Waals surface area (Å²) in [5.74, 6) is -0.373. The predicted octanol–water partition coefficient (Wildman–Crippen LogP) is 4.16. The molecule has 1 atom stereocenters. The molecule has 6 heteroatoms. The molecule has 160 valence electrons. The van der Waals surface area contributed by atoms with Gasteiger partial charge in [-0.25, -0.2) is 8.78 Å². The lowest BCUT2D eigenvalue weighted by molar-refractivity contribution is -0.133. The van der Waals surface area contributed by atoms with Crippen LogP contribution in [0.5, 0.6) is 0 Å². The van der Waals surface area contributed by atoms with Crippen molar-refractivity contribution in [2.75, 3.05) is 32.8 Å². The second kappa shape index (κ2) is 9.67. The molecule has 1 unspecified atom stereocenters. The molecule has 0 N–H and O–H groups in total. The van der Waals surface area contributed by atoms with Crippen molar-refractivity contribution in [3.63, 3.8) is 0 Å². The molecule has 0 aromatic heterocycles. The van der Waals surface area contributed by atoms with Gasteiger partial charge in [-0.1, -0.05) is 24.3 Å². The van der Waals surface area contributed by atoms with Gasteiger partial charge in [-0.3, -0.25) is 9.69 Å². The van der Waals surface area contributed by atoms with Gasteiger partial charge in [-0.15, -0.1) is 0 Å². The standard InChI is InChI=1S/C24H28F2N2O2/c25-20-7-3-18(4-8-20)24(19-5-9-21(26)10-6-19)28-15-13-27(14-16-28)23(29)12-11-22-2-1-17-30-22/h3-10,22,24H,1-2,11-17H2. The van der Waals surface area contributed by atoms with E-state index in [9.17, 15) is 13.6 Å². The molecule has 0 spiro atoms. The van der Waals surface area contributed by atoms with Crippen LogP contribution in [-0.4, -0.2) is 54.6 Å². The van der Waals surface area contributed by atoms with E-state index >= 15 is 0 Å². The van der Waals surface area contributed by atoms with Gasteiger partial charge in [0.25, 0.3) is 0 Å². The van der Waals surface area contributed by atoms with Gasteiger partial charge < -0.3 is 9.64 Å². The fraction of sp³-hybridized carbons (Fsp3) is 0.458. The Bertz CT molecular complexity index is 782. The summed E-state index contributed by atoms with van der Waals surface area (Å²) in [6, 6.07) is 12.8. The smallest absolute Gasteiger partial charge is 0.222 e. The van der Waals surface area contributed by atoms with Gasteiger partial charge >= 0.3 is 0 Å². The number of hydrogen-bond donors (Lipinski definition) is 0. The zero-order valence-electron chi connectivity index (χ0n) is 17.1. The molecule has 0 aliphatic carbocycles. The lowest BCUT2D eigenvalue weighted by Gasteiger charge is -2.40. The first-order valence-corrected chi connectivity index (χ1v) is 10.7. The van der Waals surface area contributed by atoms with Crippen LogP contribution in [0.15, 0.2) is 48.5 Å². The number of amides is 1. The average molecular weight is 414 g/mol. The Morgan fingerprint density at radius 2 is 1.50 bits per heavy atom. The Kier molecular flexibility index (Phi) is 6.75. The number of carbonyl (C=O) groups is 1. The number of hydrogen-bond acceptors (Lipinski definition) is 3. The quantitative estimate of drug-likeness (QED) is 0.712. The van der Waals surface area contributed by atoms with E-state index in [2.05, 4.69) is 4.90 Å². The number of piperazine rings is 1. The third-order valence-electron chi connectivity index (χ3n) is 6.11. The van der Waals surface area contributed by atoms with Crippen LogP contribution in [0.1, 0.15) is 42.9 Å². The Hall–Kier alpha value is -2.31. The van der Waals surface area contributed by atoms with Crippen LogP contribution in [0.2, 0.25) is 0 Å². The summed E-state index contributed by atoms with van der Waals surface area (Å²) in [5, 5.41) is 0. The molecule has 2 aromatic carbocycles. The van der Waals surface area contributed by atoms with Crippen LogP contribution in [0.4, 0.5) is 8.78 Å². The Labute approximate surface area is 176 Å². The van der Waals surface area contributed by atoms with E-state index in [0.29, 0.717) is 32.6 Å². The molecule has 1 amide bonds. The maximum atomic E-state index is 13.5. The Morgan fingerprint density at radius 1 is 0.933 bits per heavy atom. The largest absolute Gasteiger partial charge is 0.378 e. The summed E-state index contributed by atoms with van der Waals surface area (Å²) < 4.78 is 32.5. The highest BCUT2D eigenvalue weighted by molar-refractivity contribution is 5.76. The zero-order chi connectivity index (χ0) is 20.9. The molecule has 0 saturated carbocycles. The minimum Gasteiger partial charge on any atom is -0.378 e. The number of ether oxygens (including phenoxy) is 1. The van der Waals surface area contributed by atoms with Crippen LogP contribution < -0.4 is 0 Å². The predicted molar refractivity (Wildman–Crippen MR) is 111 cm³/mol. The van der Waals surface area contributed by atoms with Crippen molar-refractivity contribution in [2.24, 2.45) is 0 Å². The van der Waals surface area contributed by atoms with Crippen LogP contribution in [0, 0.1) is 11.6 Å². The van der Waals surface area contributed by atoms with E-state index in [1.807, 2.05) is 4.90 Å². The number of nitrogens with zero attached hydrogens (tertiary/aromatic N) is 2. The molecule has 4 rings (SSSR count). The number of halogens is 2. The SMILES string of the molecule is O=C(CCC1CCCO1)N1CCN(C(c2ccc(F)cc2)c2ccc(F)cc2)CC1. The molecule has 4 nitrogen and oxygen atoms in total. The second-order valence-corrected chi connectivity index (χ2v) is 8.10. The third kappa shape index (κ3) is 5.05. The van der Waals surface area contributed by atoms with Gasteiger partial charge in [0, 0.05) is 39.2 Å². The molecule has 0 bridgehead atoms. The molecular formula is C24H28F2N2O2. The monoisotopic (exact) mass is 414 g/mol. The van der Waals surface area contributed by atoms with Crippen LogP contribution in [0.25, 0.3) is 0 Å². The maximum Gasteiger partial charge on any atom is 0.222 e. The van der Waals surface area contributed by atoms with E-state index in [1.165, 1.54) is 24.3 Å². The molecule has 2 aromatic rings. The summed E-state index contributed by atoms with van der Waals surface area (Å²) in [6.07, 6.45) is 3.71. The first-order chi connectivity index (χ1) is 14.6. The number of rotatable bonds is 6. The fourth-order valence-corrected chi connectivity index (χ4v) is 4.45. The van der Waals surface area contributed by atoms with Crippen molar-refractivity contribution in [1.29, 1.82) is 0 Å². The van der Waals surface area contributed by atoms with Crippen LogP contribution in [0.3, 0.4) is 0 Å². The van der Waals surface area contributed by atoms with Crippen LogP contribution in [-0.2, 0) is 9.53 Å². The minimum atomic E-state index is -0.279. The van der Waals surface area contributed by atoms with Crippen molar-refractivity contribution in [1.82, 2.24) is 9.80 Å². The summed E-state index contributed by atoms with van der Waals surface area (Å²) in [7, 11) is 0. The van der Waals surface area contributed by atoms with Gasteiger partial charge in [0.05, 0.1) is 12.1 Å². The normalized spacial score (nSPS) is 20.1. The first-order valence-electron chi connectivity index (χ1n) is 10.7. The summed E-state index contributed by atoms with van der Waals surface area (Å²) in [5.41, 5.74) is 1.92. The first kappa shape index (κ1) is 20.9. The van der Waals surface area contributed by atoms with Crippen molar-refractivity contribution < 1.29 is 18.3 Å². The maximum absolute atomic E-state index is 13.5. The fourth-order valence-electron chi connectivity index (χ4n) is 4.45. The summed E-state index contributed by atoms with van der Waals surface area (Å²) in [4.78, 5) is 16.8. The van der Waals surface area contributed by atoms with Gasteiger partial charge in [-0.2, -0.15) is 0 Å². The highest BCUT2D eigenvalue weighted by Crippen LogP contribution is 2.30. The topological polar surface area (TPSA) is 32.8 Å². The average Bonchev–Trinajstić information content (AvgIpc) is 3.29. The van der Waals surface area contributed by atoms with Gasteiger partial charge in [-0.05, 0) is 54.7 Å². The van der Waals surface area contributed by atoms with E-state index in [-0.39, 0.29) is 29.7 Å². The minimum absolute atomic E-state index is 0.102. The van der Waals surface area contributed by atoms with Crippen molar-refractivity contribution >= 4 is 5.91 Å². The Morgan fingerprint density at radius 3 is 2.00 bits per heavy atom. The lowest BCUT2D eigenvalue weighted by Crippen LogP contribution is -2.50. The summed E-state index contributed by atoms with van der Waals surface area (Å²) in [6.45, 7) is 3.55. The molecule has 30 heavy (non-hydrogen) atoms. The lowest BCUT2D eigenvalue weighted by atomic mass is 9.96. The van der Waals surface area contributed by atoms with E-state index in [0.717, 1.165) is 37.0 Å². The molecule has 2 aliphatic heterocycles. The molecule has 0 radical (unpaired) electrons. The van der Waals surface area contributed by atoms with Crippen molar-refractivity contribution in [2.45, 2.75) is 37.8 Å². The second-order valence-electron chi connectivity index (χ2n) is 8.10. The van der Waals surface area contributed by atoms with Crippen molar-refractivity contribution in [3.8, 4) is 0 Å². The number of carbonyl (C=O) groups excluding carboxylic acids is 1. The Balaban J connectivity index is 1.41. The number of benzene rings is 2. The van der Waals surface area contributed by atoms with E-state index < -0.39 is 0 Å². The summed E-state index contributed by atoms with van der Waals surface area (Å²) >= 11 is 0. The van der Waals surface area contributed by atoms with E-state index in [4.69, 9.17) is 4.74 Å². The molecule has 2 aliphatic rings.